The summed E-state index contributed by atoms with van der Waals surface area (Å²) in [6.45, 7) is 0. The highest BCUT2D eigenvalue weighted by atomic mass is 16.5. The Kier molecular flexibility index (Phi) is 3.34. The van der Waals surface area contributed by atoms with E-state index >= 15 is 0 Å². The Morgan fingerprint density at radius 2 is 1.52 bits per heavy atom. The Morgan fingerprint density at radius 1 is 0.852 bits per heavy atom. The van der Waals surface area contributed by atoms with E-state index in [0.717, 1.165) is 5.56 Å². The van der Waals surface area contributed by atoms with Gasteiger partial charge in [-0.1, -0.05) is 48.5 Å². The zero-order chi connectivity index (χ0) is 18.7. The summed E-state index contributed by atoms with van der Waals surface area (Å²) in [5, 5.41) is 0. The van der Waals surface area contributed by atoms with Crippen molar-refractivity contribution in [2.45, 2.75) is 12.0 Å². The van der Waals surface area contributed by atoms with E-state index in [4.69, 9.17) is 4.74 Å². The first kappa shape index (κ1) is 16.0. The fourth-order valence-corrected chi connectivity index (χ4v) is 4.51. The number of amides is 2. The normalized spacial score (nSPS) is 28.9. The minimum Gasteiger partial charge on any atom is -0.484 e. The smallest absolute Gasteiger partial charge is 0.236 e. The Hall–Kier alpha value is -3.21. The number of ether oxygens (including phenoxy) is 1. The fourth-order valence-electron chi connectivity index (χ4n) is 4.51. The van der Waals surface area contributed by atoms with Gasteiger partial charge in [-0.15, -0.1) is 0 Å². The van der Waals surface area contributed by atoms with Gasteiger partial charge < -0.3 is 4.74 Å². The Bertz CT molecular complexity index is 1010. The standard InChI is InChI=1S/C22H17NO4/c1-23-21(25)17-14(12-7-3-2-4-8-12)11-15-19(24)13-9-5-6-10-16(13)27-20(15)18(17)22(23)26/h2-11,14,17-18,20H,1H3/t14-,17-,18-,20-/m1/s1. The van der Waals surface area contributed by atoms with Crippen LogP contribution in [0.25, 0.3) is 0 Å². The van der Waals surface area contributed by atoms with Crippen LogP contribution in [0.4, 0.5) is 0 Å². The topological polar surface area (TPSA) is 63.7 Å². The molecule has 2 aromatic carbocycles. The van der Waals surface area contributed by atoms with Gasteiger partial charge in [-0.3, -0.25) is 19.3 Å². The van der Waals surface area contributed by atoms with Gasteiger partial charge in [0.1, 0.15) is 11.9 Å². The third-order valence-corrected chi connectivity index (χ3v) is 5.83. The molecule has 5 rings (SSSR count). The number of Topliss-reactive ketones (excluding diaryl/α,β-unsaturated/α-hetero) is 1. The Morgan fingerprint density at radius 3 is 2.30 bits per heavy atom. The summed E-state index contributed by atoms with van der Waals surface area (Å²) >= 11 is 0. The van der Waals surface area contributed by atoms with Gasteiger partial charge in [0.2, 0.25) is 11.8 Å². The van der Waals surface area contributed by atoms with E-state index in [2.05, 4.69) is 0 Å². The SMILES string of the molecule is CN1C(=O)[C@@H]2[C@H](C1=O)[C@@H](c1ccccc1)C=C1C(=O)c3ccccc3O[C@H]12. The minimum absolute atomic E-state index is 0.129. The van der Waals surface area contributed by atoms with Crippen LogP contribution in [0.2, 0.25) is 0 Å². The minimum atomic E-state index is -0.723. The van der Waals surface area contributed by atoms with Gasteiger partial charge in [-0.05, 0) is 17.7 Å². The highest BCUT2D eigenvalue weighted by Crippen LogP contribution is 2.49. The number of ketones is 1. The number of nitrogens with zero attached hydrogens (tertiary/aromatic N) is 1. The molecule has 4 atom stereocenters. The molecule has 3 aliphatic rings. The van der Waals surface area contributed by atoms with Gasteiger partial charge in [0.25, 0.3) is 0 Å². The molecule has 0 bridgehead atoms. The maximum absolute atomic E-state index is 13.1. The summed E-state index contributed by atoms with van der Waals surface area (Å²) in [5.74, 6) is -1.74. The Labute approximate surface area is 156 Å². The molecule has 2 aliphatic heterocycles. The number of imide groups is 1. The van der Waals surface area contributed by atoms with Gasteiger partial charge in [0.05, 0.1) is 17.4 Å². The van der Waals surface area contributed by atoms with Crippen molar-refractivity contribution in [1.82, 2.24) is 4.90 Å². The number of allylic oxidation sites excluding steroid dienone is 1. The van der Waals surface area contributed by atoms with Crippen molar-refractivity contribution in [2.75, 3.05) is 7.05 Å². The van der Waals surface area contributed by atoms with E-state index in [9.17, 15) is 14.4 Å². The van der Waals surface area contributed by atoms with Gasteiger partial charge in [-0.25, -0.2) is 0 Å². The van der Waals surface area contributed by atoms with Crippen LogP contribution in [-0.2, 0) is 9.59 Å². The molecule has 2 amide bonds. The summed E-state index contributed by atoms with van der Waals surface area (Å²) in [5.41, 5.74) is 1.89. The Balaban J connectivity index is 1.71. The van der Waals surface area contributed by atoms with Crippen molar-refractivity contribution in [1.29, 1.82) is 0 Å². The summed E-state index contributed by atoms with van der Waals surface area (Å²) in [4.78, 5) is 40.1. The summed E-state index contributed by atoms with van der Waals surface area (Å²) in [6.07, 6.45) is 1.11. The number of carbonyl (C=O) groups excluding carboxylic acids is 3. The third-order valence-electron chi connectivity index (χ3n) is 5.83. The molecule has 1 aliphatic carbocycles. The van der Waals surface area contributed by atoms with E-state index in [1.165, 1.54) is 11.9 Å². The molecule has 0 aromatic heterocycles. The van der Waals surface area contributed by atoms with Crippen molar-refractivity contribution in [3.8, 4) is 5.75 Å². The quantitative estimate of drug-likeness (QED) is 0.734. The average Bonchev–Trinajstić information content (AvgIpc) is 2.93. The zero-order valence-corrected chi connectivity index (χ0v) is 14.7. The maximum atomic E-state index is 13.1. The van der Waals surface area contributed by atoms with E-state index in [1.807, 2.05) is 36.4 Å². The predicted octanol–water partition coefficient (Wildman–Crippen LogP) is 2.59. The first-order chi connectivity index (χ1) is 13.1. The van der Waals surface area contributed by atoms with Crippen molar-refractivity contribution in [2.24, 2.45) is 11.8 Å². The number of fused-ring (bicyclic) bond motifs is 4. The number of para-hydroxylation sites is 1. The fraction of sp³-hybridized carbons (Fsp3) is 0.227. The van der Waals surface area contributed by atoms with Crippen LogP contribution in [0.3, 0.4) is 0 Å². The molecule has 0 saturated carbocycles. The molecule has 0 spiro atoms. The van der Waals surface area contributed by atoms with Crippen molar-refractivity contribution in [3.63, 3.8) is 0 Å². The van der Waals surface area contributed by atoms with Crippen LogP contribution >= 0.6 is 0 Å². The van der Waals surface area contributed by atoms with E-state index in [0.29, 0.717) is 16.9 Å². The predicted molar refractivity (Wildman–Crippen MR) is 97.2 cm³/mol. The lowest BCUT2D eigenvalue weighted by atomic mass is 9.68. The van der Waals surface area contributed by atoms with E-state index in [-0.39, 0.29) is 23.5 Å². The molecule has 134 valence electrons. The van der Waals surface area contributed by atoms with Gasteiger partial charge in [0, 0.05) is 18.5 Å². The van der Waals surface area contributed by atoms with Gasteiger partial charge in [-0.2, -0.15) is 0 Å². The molecule has 0 unspecified atom stereocenters. The van der Waals surface area contributed by atoms with Gasteiger partial charge >= 0.3 is 0 Å². The lowest BCUT2D eigenvalue weighted by Crippen LogP contribution is -2.46. The molecule has 1 saturated heterocycles. The molecule has 0 radical (unpaired) electrons. The van der Waals surface area contributed by atoms with Gasteiger partial charge in [0.15, 0.2) is 5.78 Å². The van der Waals surface area contributed by atoms with Crippen LogP contribution in [0, 0.1) is 11.8 Å². The van der Waals surface area contributed by atoms with Crippen LogP contribution < -0.4 is 4.74 Å². The highest BCUT2D eigenvalue weighted by Gasteiger charge is 2.58. The molecule has 5 heteroatoms. The average molecular weight is 359 g/mol. The molecule has 27 heavy (non-hydrogen) atoms. The van der Waals surface area contributed by atoms with Crippen molar-refractivity contribution < 1.29 is 19.1 Å². The van der Waals surface area contributed by atoms with E-state index in [1.54, 1.807) is 24.3 Å². The molecule has 5 nitrogen and oxygen atoms in total. The number of carbonyl (C=O) groups is 3. The second-order valence-electron chi connectivity index (χ2n) is 7.21. The first-order valence-electron chi connectivity index (χ1n) is 8.96. The second kappa shape index (κ2) is 5.64. The number of benzene rings is 2. The molecule has 2 aromatic rings. The first-order valence-corrected chi connectivity index (χ1v) is 8.96. The van der Waals surface area contributed by atoms with Crippen LogP contribution in [0.1, 0.15) is 21.8 Å². The second-order valence-corrected chi connectivity index (χ2v) is 7.21. The molecule has 2 heterocycles. The highest BCUT2D eigenvalue weighted by molar-refractivity contribution is 6.15. The molecular formula is C22H17NO4. The lowest BCUT2D eigenvalue weighted by molar-refractivity contribution is -0.138. The maximum Gasteiger partial charge on any atom is 0.236 e. The zero-order valence-electron chi connectivity index (χ0n) is 14.7. The number of hydrogen-bond donors (Lipinski definition) is 0. The largest absolute Gasteiger partial charge is 0.484 e. The number of likely N-dealkylation sites (tertiary alicyclic amines) is 1. The number of rotatable bonds is 1. The summed E-state index contributed by atoms with van der Waals surface area (Å²) < 4.78 is 6.08. The van der Waals surface area contributed by atoms with E-state index < -0.39 is 17.9 Å². The summed E-state index contributed by atoms with van der Waals surface area (Å²) in [6, 6.07) is 16.6. The number of hydrogen-bond acceptors (Lipinski definition) is 4. The van der Waals surface area contributed by atoms with Crippen LogP contribution in [-0.4, -0.2) is 35.6 Å². The van der Waals surface area contributed by atoms with Crippen molar-refractivity contribution in [3.05, 3.63) is 77.4 Å². The van der Waals surface area contributed by atoms with Crippen LogP contribution in [0.5, 0.6) is 5.75 Å². The summed E-state index contributed by atoms with van der Waals surface area (Å²) in [7, 11) is 1.50. The molecule has 1 fully saturated rings. The van der Waals surface area contributed by atoms with Crippen LogP contribution in [0.15, 0.2) is 66.2 Å². The lowest BCUT2D eigenvalue weighted by Gasteiger charge is -2.38. The molecular weight excluding hydrogens is 342 g/mol. The van der Waals surface area contributed by atoms with Crippen molar-refractivity contribution >= 4 is 17.6 Å². The molecule has 0 N–H and O–H groups in total. The third kappa shape index (κ3) is 2.14. The monoisotopic (exact) mass is 359 g/mol.